The maximum Gasteiger partial charge on any atom is 0.251 e. The van der Waals surface area contributed by atoms with Gasteiger partial charge in [-0.3, -0.25) is 9.59 Å². The molecule has 7 nitrogen and oxygen atoms in total. The van der Waals surface area contributed by atoms with Crippen LogP contribution >= 0.6 is 0 Å². The highest BCUT2D eigenvalue weighted by Gasteiger charge is 2.32. The minimum atomic E-state index is -1.03. The van der Waals surface area contributed by atoms with Crippen LogP contribution in [-0.4, -0.2) is 38.0 Å². The Kier molecular flexibility index (Phi) is 9.35. The Balaban J connectivity index is 1.76. The lowest BCUT2D eigenvalue weighted by molar-refractivity contribution is -0.139. The summed E-state index contributed by atoms with van der Waals surface area (Å²) >= 11 is 0. The maximum atomic E-state index is 14.0. The van der Waals surface area contributed by atoms with Gasteiger partial charge in [0.25, 0.3) is 5.91 Å². The zero-order chi connectivity index (χ0) is 28.5. The summed E-state index contributed by atoms with van der Waals surface area (Å²) in [6.45, 7) is 0.0792. The topological polar surface area (TPSA) is 77.1 Å². The smallest absolute Gasteiger partial charge is 0.251 e. The lowest BCUT2D eigenvalue weighted by Crippen LogP contribution is -2.41. The average Bonchev–Trinajstić information content (AvgIpc) is 2.98. The summed E-state index contributed by atoms with van der Waals surface area (Å²) < 4.78 is 29.7. The van der Waals surface area contributed by atoms with Gasteiger partial charge in [0.05, 0.1) is 33.4 Å². The SMILES string of the molecule is COc1ccc(C(C(=O)Nc2ccc(OC)cc2OC)N(Cc2ccc(F)cc2)C(=O)Cc2ccccc2)cc1. The molecule has 2 amide bonds. The average molecular weight is 543 g/mol. The number of halogens is 1. The third kappa shape index (κ3) is 6.96. The third-order valence-corrected chi connectivity index (χ3v) is 6.44. The number of hydrogen-bond donors (Lipinski definition) is 1. The highest BCUT2D eigenvalue weighted by atomic mass is 19.1. The van der Waals surface area contributed by atoms with E-state index in [0.717, 1.165) is 5.56 Å². The van der Waals surface area contributed by atoms with Crippen molar-refractivity contribution < 1.29 is 28.2 Å². The molecule has 0 aliphatic carbocycles. The first kappa shape index (κ1) is 28.2. The summed E-state index contributed by atoms with van der Waals surface area (Å²) in [5.74, 6) is 0.479. The second-order valence-electron chi connectivity index (χ2n) is 9.04. The van der Waals surface area contributed by atoms with Gasteiger partial charge in [0.15, 0.2) is 0 Å². The van der Waals surface area contributed by atoms with Crippen LogP contribution in [0.5, 0.6) is 17.2 Å². The Morgan fingerprint density at radius 1 is 0.775 bits per heavy atom. The summed E-state index contributed by atoms with van der Waals surface area (Å²) in [6, 6.07) is 26.2. The van der Waals surface area contributed by atoms with Crippen LogP contribution in [0.1, 0.15) is 22.7 Å². The summed E-state index contributed by atoms with van der Waals surface area (Å²) in [6.07, 6.45) is 0.0772. The van der Waals surface area contributed by atoms with E-state index >= 15 is 0 Å². The van der Waals surface area contributed by atoms with Gasteiger partial charge in [-0.1, -0.05) is 54.6 Å². The van der Waals surface area contributed by atoms with Crippen LogP contribution in [0.15, 0.2) is 97.1 Å². The van der Waals surface area contributed by atoms with Crippen molar-refractivity contribution in [1.29, 1.82) is 0 Å². The number of carbonyl (C=O) groups excluding carboxylic acids is 2. The van der Waals surface area contributed by atoms with Crippen LogP contribution in [0.4, 0.5) is 10.1 Å². The summed E-state index contributed by atoms with van der Waals surface area (Å²) in [7, 11) is 4.59. The first-order valence-corrected chi connectivity index (χ1v) is 12.7. The minimum absolute atomic E-state index is 0.0772. The lowest BCUT2D eigenvalue weighted by atomic mass is 10.0. The molecule has 0 bridgehead atoms. The van der Waals surface area contributed by atoms with E-state index in [0.29, 0.717) is 34.1 Å². The molecule has 40 heavy (non-hydrogen) atoms. The third-order valence-electron chi connectivity index (χ3n) is 6.44. The zero-order valence-electron chi connectivity index (χ0n) is 22.6. The number of carbonyl (C=O) groups is 2. The van der Waals surface area contributed by atoms with E-state index in [1.54, 1.807) is 68.8 Å². The Labute approximate surface area is 233 Å². The standard InChI is InChI=1S/C32H31FN2O5/c1-38-26-15-11-24(12-16-26)31(32(37)34-28-18-17-27(39-2)20-29(28)40-3)35(21-23-9-13-25(33)14-10-23)30(36)19-22-7-5-4-6-8-22/h4-18,20,31H,19,21H2,1-3H3,(H,34,37). The predicted molar refractivity (Wildman–Crippen MR) is 151 cm³/mol. The first-order valence-electron chi connectivity index (χ1n) is 12.7. The van der Waals surface area contributed by atoms with Crippen LogP contribution in [0.25, 0.3) is 0 Å². The number of rotatable bonds is 11. The molecule has 1 atom stereocenters. The molecule has 0 aromatic heterocycles. The first-order chi connectivity index (χ1) is 19.4. The van der Waals surface area contributed by atoms with Crippen molar-refractivity contribution in [3.05, 3.63) is 120 Å². The normalized spacial score (nSPS) is 11.3. The second kappa shape index (κ2) is 13.3. The molecule has 0 fully saturated rings. The Morgan fingerprint density at radius 3 is 2.05 bits per heavy atom. The molecule has 8 heteroatoms. The number of benzene rings is 4. The minimum Gasteiger partial charge on any atom is -0.497 e. The number of nitrogens with zero attached hydrogens (tertiary/aromatic N) is 1. The van der Waals surface area contributed by atoms with Gasteiger partial charge >= 0.3 is 0 Å². The van der Waals surface area contributed by atoms with Crippen LogP contribution < -0.4 is 19.5 Å². The molecule has 206 valence electrons. The Hall–Kier alpha value is -4.85. The van der Waals surface area contributed by atoms with E-state index in [2.05, 4.69) is 5.32 Å². The molecule has 0 heterocycles. The highest BCUT2D eigenvalue weighted by molar-refractivity contribution is 5.99. The van der Waals surface area contributed by atoms with Crippen LogP contribution in [-0.2, 0) is 22.6 Å². The van der Waals surface area contributed by atoms with Crippen LogP contribution in [0.2, 0.25) is 0 Å². The fraction of sp³-hybridized carbons (Fsp3) is 0.188. The molecular weight excluding hydrogens is 511 g/mol. The van der Waals surface area contributed by atoms with E-state index in [1.165, 1.54) is 24.1 Å². The molecule has 4 aromatic rings. The van der Waals surface area contributed by atoms with Crippen molar-refractivity contribution in [2.24, 2.45) is 0 Å². The molecule has 1 unspecified atom stereocenters. The van der Waals surface area contributed by atoms with Gasteiger partial charge in [-0.15, -0.1) is 0 Å². The van der Waals surface area contributed by atoms with Crippen molar-refractivity contribution >= 4 is 17.5 Å². The van der Waals surface area contributed by atoms with Gasteiger partial charge in [0, 0.05) is 12.6 Å². The van der Waals surface area contributed by atoms with Crippen molar-refractivity contribution in [3.63, 3.8) is 0 Å². The number of ether oxygens (including phenoxy) is 3. The van der Waals surface area contributed by atoms with Gasteiger partial charge in [0.1, 0.15) is 29.1 Å². The fourth-order valence-electron chi connectivity index (χ4n) is 4.34. The largest absolute Gasteiger partial charge is 0.497 e. The quantitative estimate of drug-likeness (QED) is 0.259. The summed E-state index contributed by atoms with van der Waals surface area (Å²) in [4.78, 5) is 29.4. The van der Waals surface area contributed by atoms with E-state index in [1.807, 2.05) is 30.3 Å². The van der Waals surface area contributed by atoms with E-state index < -0.39 is 11.9 Å². The number of nitrogens with one attached hydrogen (secondary N) is 1. The van der Waals surface area contributed by atoms with E-state index in [4.69, 9.17) is 14.2 Å². The second-order valence-corrected chi connectivity index (χ2v) is 9.04. The predicted octanol–water partition coefficient (Wildman–Crippen LogP) is 5.80. The zero-order valence-corrected chi connectivity index (χ0v) is 22.6. The van der Waals surface area contributed by atoms with Gasteiger partial charge in [-0.25, -0.2) is 4.39 Å². The molecule has 0 saturated heterocycles. The van der Waals surface area contributed by atoms with Crippen molar-refractivity contribution in [2.45, 2.75) is 19.0 Å². The number of anilines is 1. The molecule has 0 spiro atoms. The van der Waals surface area contributed by atoms with Crippen LogP contribution in [0.3, 0.4) is 0 Å². The fourth-order valence-corrected chi connectivity index (χ4v) is 4.34. The van der Waals surface area contributed by atoms with Crippen molar-refractivity contribution in [2.75, 3.05) is 26.6 Å². The Morgan fingerprint density at radius 2 is 1.43 bits per heavy atom. The molecule has 0 aliphatic heterocycles. The molecular formula is C32H31FN2O5. The Bertz CT molecular complexity index is 1430. The number of methoxy groups -OCH3 is 3. The van der Waals surface area contributed by atoms with Gasteiger partial charge in [-0.05, 0) is 53.1 Å². The maximum absolute atomic E-state index is 14.0. The summed E-state index contributed by atoms with van der Waals surface area (Å²) in [5.41, 5.74) is 2.48. The van der Waals surface area contributed by atoms with E-state index in [-0.39, 0.29) is 24.7 Å². The lowest BCUT2D eigenvalue weighted by Gasteiger charge is -2.32. The monoisotopic (exact) mass is 542 g/mol. The van der Waals surface area contributed by atoms with Gasteiger partial charge < -0.3 is 24.4 Å². The number of hydrogen-bond acceptors (Lipinski definition) is 5. The molecule has 4 aromatic carbocycles. The van der Waals surface area contributed by atoms with Crippen molar-refractivity contribution in [3.8, 4) is 17.2 Å². The molecule has 4 rings (SSSR count). The molecule has 0 aliphatic rings. The van der Waals surface area contributed by atoms with E-state index in [9.17, 15) is 14.0 Å². The van der Waals surface area contributed by atoms with Gasteiger partial charge in [0.2, 0.25) is 5.91 Å². The van der Waals surface area contributed by atoms with Crippen molar-refractivity contribution in [1.82, 2.24) is 4.90 Å². The molecule has 0 radical (unpaired) electrons. The number of amides is 2. The van der Waals surface area contributed by atoms with Gasteiger partial charge in [-0.2, -0.15) is 0 Å². The summed E-state index contributed by atoms with van der Waals surface area (Å²) in [5, 5.41) is 2.93. The van der Waals surface area contributed by atoms with Crippen LogP contribution in [0, 0.1) is 5.82 Å². The molecule has 0 saturated carbocycles. The molecule has 1 N–H and O–H groups in total. The highest BCUT2D eigenvalue weighted by Crippen LogP contribution is 2.32.